The summed E-state index contributed by atoms with van der Waals surface area (Å²) in [5.74, 6) is 0.738. The standard InChI is InChI=1S/C33H37F3N4/c1-4-24(2)40-25(3)30(37-32(40)28-15-17-29(18-16-28)33(34,35)36)23-38-19-21-39(22-20-38)31(26-11-7-5-8-12-26)27-13-9-6-10-14-27/h5-18,24,31H,4,19-23H2,1-3H3. The number of aromatic nitrogens is 2. The summed E-state index contributed by atoms with van der Waals surface area (Å²) >= 11 is 0. The van der Waals surface area contributed by atoms with E-state index in [-0.39, 0.29) is 12.1 Å². The zero-order chi connectivity index (χ0) is 28.3. The van der Waals surface area contributed by atoms with Crippen molar-refractivity contribution in [2.75, 3.05) is 26.2 Å². The molecular formula is C33H37F3N4. The molecule has 0 aliphatic carbocycles. The van der Waals surface area contributed by atoms with E-state index in [1.54, 1.807) is 12.1 Å². The van der Waals surface area contributed by atoms with E-state index >= 15 is 0 Å². The molecule has 1 unspecified atom stereocenters. The van der Waals surface area contributed by atoms with Crippen LogP contribution in [0.25, 0.3) is 11.4 Å². The van der Waals surface area contributed by atoms with Gasteiger partial charge >= 0.3 is 6.18 Å². The highest BCUT2D eigenvalue weighted by molar-refractivity contribution is 5.58. The molecule has 5 rings (SSSR count). The Bertz CT molecular complexity index is 1330. The van der Waals surface area contributed by atoms with Gasteiger partial charge in [-0.1, -0.05) is 79.7 Å². The number of rotatable bonds is 8. The predicted molar refractivity (Wildman–Crippen MR) is 154 cm³/mol. The third-order valence-electron chi connectivity index (χ3n) is 8.13. The molecule has 4 aromatic rings. The fourth-order valence-corrected chi connectivity index (χ4v) is 5.72. The van der Waals surface area contributed by atoms with E-state index in [2.05, 4.69) is 95.8 Å². The van der Waals surface area contributed by atoms with Crippen molar-refractivity contribution in [1.29, 1.82) is 0 Å². The van der Waals surface area contributed by atoms with Gasteiger partial charge in [-0.25, -0.2) is 4.98 Å². The first-order chi connectivity index (χ1) is 19.3. The Morgan fingerprint density at radius 2 is 1.35 bits per heavy atom. The van der Waals surface area contributed by atoms with Crippen molar-refractivity contribution in [3.8, 4) is 11.4 Å². The number of piperazine rings is 1. The number of imidazole rings is 1. The topological polar surface area (TPSA) is 24.3 Å². The summed E-state index contributed by atoms with van der Waals surface area (Å²) in [5.41, 5.74) is 4.74. The quantitative estimate of drug-likeness (QED) is 0.226. The van der Waals surface area contributed by atoms with E-state index in [1.807, 2.05) is 0 Å². The first kappa shape index (κ1) is 28.1. The summed E-state index contributed by atoms with van der Waals surface area (Å²) in [6, 6.07) is 27.1. The van der Waals surface area contributed by atoms with Gasteiger partial charge in [0.15, 0.2) is 0 Å². The van der Waals surface area contributed by atoms with Crippen molar-refractivity contribution in [3.05, 3.63) is 113 Å². The molecule has 7 heteroatoms. The van der Waals surface area contributed by atoms with Crippen LogP contribution in [-0.2, 0) is 12.7 Å². The van der Waals surface area contributed by atoms with Gasteiger partial charge in [-0.3, -0.25) is 9.80 Å². The van der Waals surface area contributed by atoms with Crippen LogP contribution in [0.4, 0.5) is 13.2 Å². The van der Waals surface area contributed by atoms with E-state index in [9.17, 15) is 13.2 Å². The fraction of sp³-hybridized carbons (Fsp3) is 0.364. The van der Waals surface area contributed by atoms with E-state index in [0.717, 1.165) is 68.5 Å². The molecule has 4 nitrogen and oxygen atoms in total. The van der Waals surface area contributed by atoms with Crippen molar-refractivity contribution in [2.45, 2.75) is 52.0 Å². The van der Waals surface area contributed by atoms with Crippen LogP contribution in [0.15, 0.2) is 84.9 Å². The van der Waals surface area contributed by atoms with E-state index in [0.29, 0.717) is 5.56 Å². The average Bonchev–Trinajstić information content (AvgIpc) is 3.30. The fourth-order valence-electron chi connectivity index (χ4n) is 5.72. The number of nitrogens with zero attached hydrogens (tertiary/aromatic N) is 4. The summed E-state index contributed by atoms with van der Waals surface area (Å²) in [4.78, 5) is 10.0. The maximum absolute atomic E-state index is 13.2. The number of benzene rings is 3. The molecule has 1 aliphatic rings. The number of halogens is 3. The Hall–Kier alpha value is -3.42. The summed E-state index contributed by atoms with van der Waals surface area (Å²) < 4.78 is 41.6. The zero-order valence-electron chi connectivity index (χ0n) is 23.4. The normalized spacial score (nSPS) is 16.0. The maximum Gasteiger partial charge on any atom is 0.416 e. The molecule has 40 heavy (non-hydrogen) atoms. The highest BCUT2D eigenvalue weighted by Crippen LogP contribution is 2.34. The Labute approximate surface area is 235 Å². The molecule has 2 heterocycles. The molecule has 0 radical (unpaired) electrons. The summed E-state index contributed by atoms with van der Waals surface area (Å²) in [7, 11) is 0. The number of alkyl halides is 3. The van der Waals surface area contributed by atoms with E-state index < -0.39 is 11.7 Å². The largest absolute Gasteiger partial charge is 0.416 e. The molecule has 0 spiro atoms. The second-order valence-corrected chi connectivity index (χ2v) is 10.7. The van der Waals surface area contributed by atoms with Crippen molar-refractivity contribution < 1.29 is 13.2 Å². The lowest BCUT2D eigenvalue weighted by Crippen LogP contribution is -2.47. The molecule has 0 saturated carbocycles. The van der Waals surface area contributed by atoms with E-state index in [1.165, 1.54) is 11.1 Å². The molecule has 0 bridgehead atoms. The van der Waals surface area contributed by atoms with Gasteiger partial charge in [-0.2, -0.15) is 13.2 Å². The summed E-state index contributed by atoms with van der Waals surface area (Å²) in [5, 5.41) is 0. The van der Waals surface area contributed by atoms with Crippen LogP contribution in [-0.4, -0.2) is 45.5 Å². The van der Waals surface area contributed by atoms with Crippen LogP contribution in [0, 0.1) is 6.92 Å². The van der Waals surface area contributed by atoms with Crippen molar-refractivity contribution in [2.24, 2.45) is 0 Å². The molecule has 1 aromatic heterocycles. The number of hydrogen-bond donors (Lipinski definition) is 0. The summed E-state index contributed by atoms with van der Waals surface area (Å²) in [6.07, 6.45) is -3.45. The molecule has 0 N–H and O–H groups in total. The van der Waals surface area contributed by atoms with Crippen LogP contribution >= 0.6 is 0 Å². The SMILES string of the molecule is CCC(C)n1c(-c2ccc(C(F)(F)F)cc2)nc(CN2CCN(C(c3ccccc3)c3ccccc3)CC2)c1C. The third-order valence-corrected chi connectivity index (χ3v) is 8.13. The van der Waals surface area contributed by atoms with Crippen molar-refractivity contribution in [1.82, 2.24) is 19.4 Å². The van der Waals surface area contributed by atoms with Gasteiger partial charge in [-0.05, 0) is 43.5 Å². The number of hydrogen-bond acceptors (Lipinski definition) is 3. The van der Waals surface area contributed by atoms with Gasteiger partial charge < -0.3 is 4.57 Å². The van der Waals surface area contributed by atoms with E-state index in [4.69, 9.17) is 4.98 Å². The first-order valence-electron chi connectivity index (χ1n) is 14.1. The van der Waals surface area contributed by atoms with Crippen LogP contribution in [0.1, 0.15) is 60.4 Å². The minimum absolute atomic E-state index is 0.188. The first-order valence-corrected chi connectivity index (χ1v) is 14.1. The molecule has 1 aliphatic heterocycles. The van der Waals surface area contributed by atoms with Crippen LogP contribution < -0.4 is 0 Å². The van der Waals surface area contributed by atoms with Crippen molar-refractivity contribution >= 4 is 0 Å². The second-order valence-electron chi connectivity index (χ2n) is 10.7. The molecule has 1 fully saturated rings. The van der Waals surface area contributed by atoms with Crippen molar-refractivity contribution in [3.63, 3.8) is 0 Å². The lowest BCUT2D eigenvalue weighted by molar-refractivity contribution is -0.137. The molecular weight excluding hydrogens is 509 g/mol. The van der Waals surface area contributed by atoms with Gasteiger partial charge in [0.05, 0.1) is 17.3 Å². The van der Waals surface area contributed by atoms with Crippen LogP contribution in [0.5, 0.6) is 0 Å². The van der Waals surface area contributed by atoms with Gasteiger partial charge in [0.1, 0.15) is 5.82 Å². The Morgan fingerprint density at radius 1 is 0.800 bits per heavy atom. The zero-order valence-corrected chi connectivity index (χ0v) is 23.4. The molecule has 3 aromatic carbocycles. The minimum Gasteiger partial charge on any atom is -0.325 e. The minimum atomic E-state index is -4.35. The van der Waals surface area contributed by atoms with Gasteiger partial charge in [0.25, 0.3) is 0 Å². The predicted octanol–water partition coefficient (Wildman–Crippen LogP) is 7.76. The second kappa shape index (κ2) is 12.0. The van der Waals surface area contributed by atoms with Gasteiger partial charge in [0, 0.05) is 50.0 Å². The van der Waals surface area contributed by atoms with Gasteiger partial charge in [0.2, 0.25) is 0 Å². The maximum atomic E-state index is 13.2. The van der Waals surface area contributed by atoms with Crippen LogP contribution in [0.2, 0.25) is 0 Å². The lowest BCUT2D eigenvalue weighted by Gasteiger charge is -2.39. The van der Waals surface area contributed by atoms with Gasteiger partial charge in [-0.15, -0.1) is 0 Å². The Kier molecular flexibility index (Phi) is 8.43. The smallest absolute Gasteiger partial charge is 0.325 e. The third kappa shape index (κ3) is 6.01. The Morgan fingerprint density at radius 3 is 1.85 bits per heavy atom. The monoisotopic (exact) mass is 546 g/mol. The molecule has 210 valence electrons. The highest BCUT2D eigenvalue weighted by atomic mass is 19.4. The highest BCUT2D eigenvalue weighted by Gasteiger charge is 2.31. The lowest BCUT2D eigenvalue weighted by atomic mass is 9.96. The Balaban J connectivity index is 1.35. The molecule has 1 saturated heterocycles. The summed E-state index contributed by atoms with van der Waals surface area (Å²) in [6.45, 7) is 10.8. The van der Waals surface area contributed by atoms with Crippen LogP contribution in [0.3, 0.4) is 0 Å². The molecule has 0 amide bonds. The molecule has 1 atom stereocenters. The average molecular weight is 547 g/mol.